The van der Waals surface area contributed by atoms with E-state index in [1.54, 1.807) is 23.1 Å². The molecule has 0 aliphatic heterocycles. The molecule has 0 aromatic heterocycles. The first-order chi connectivity index (χ1) is 13.2. The minimum Gasteiger partial charge on any atom is -0.452 e. The van der Waals surface area contributed by atoms with Crippen molar-refractivity contribution in [2.24, 2.45) is 0 Å². The third-order valence-electron chi connectivity index (χ3n) is 4.04. The number of ether oxygens (including phenoxy) is 1. The molecule has 0 saturated heterocycles. The van der Waals surface area contributed by atoms with Crippen molar-refractivity contribution in [2.75, 3.05) is 11.9 Å². The van der Waals surface area contributed by atoms with Crippen molar-refractivity contribution in [3.63, 3.8) is 0 Å². The van der Waals surface area contributed by atoms with Crippen LogP contribution in [-0.2, 0) is 20.9 Å². The number of carbonyl (C=O) groups is 3. The Morgan fingerprint density at radius 2 is 1.68 bits per heavy atom. The zero-order valence-corrected chi connectivity index (χ0v) is 16.7. The Kier molecular flexibility index (Phi) is 6.93. The van der Waals surface area contributed by atoms with Crippen molar-refractivity contribution in [2.45, 2.75) is 39.8 Å². The predicted molar refractivity (Wildman–Crippen MR) is 108 cm³/mol. The van der Waals surface area contributed by atoms with E-state index in [4.69, 9.17) is 4.74 Å². The summed E-state index contributed by atoms with van der Waals surface area (Å²) in [6, 6.07) is 16.1. The van der Waals surface area contributed by atoms with Crippen molar-refractivity contribution >= 4 is 23.5 Å². The molecule has 0 fully saturated rings. The Morgan fingerprint density at radius 3 is 2.29 bits per heavy atom. The molecule has 0 saturated carbocycles. The highest BCUT2D eigenvalue weighted by molar-refractivity contribution is 5.94. The van der Waals surface area contributed by atoms with E-state index in [0.29, 0.717) is 12.2 Å². The molecule has 6 heteroatoms. The standard InChI is InChI=1S/C22H26N2O4/c1-16(25)23-19-12-8-11-18(13-19)21(27)28-15-20(26)24(22(2,3)4)14-17-9-6-5-7-10-17/h5-13H,14-15H2,1-4H3,(H,23,25). The molecule has 0 spiro atoms. The highest BCUT2D eigenvalue weighted by Crippen LogP contribution is 2.18. The molecule has 148 valence electrons. The molecule has 0 aliphatic rings. The van der Waals surface area contributed by atoms with E-state index in [1.165, 1.54) is 13.0 Å². The smallest absolute Gasteiger partial charge is 0.338 e. The predicted octanol–water partition coefficient (Wildman–Crippen LogP) is 3.63. The summed E-state index contributed by atoms with van der Waals surface area (Å²) >= 11 is 0. The van der Waals surface area contributed by atoms with Gasteiger partial charge in [-0.2, -0.15) is 0 Å². The highest BCUT2D eigenvalue weighted by atomic mass is 16.5. The topological polar surface area (TPSA) is 75.7 Å². The van der Waals surface area contributed by atoms with E-state index in [1.807, 2.05) is 51.1 Å². The first-order valence-corrected chi connectivity index (χ1v) is 9.06. The second-order valence-electron chi connectivity index (χ2n) is 7.47. The molecule has 0 bridgehead atoms. The van der Waals surface area contributed by atoms with Crippen LogP contribution in [0.2, 0.25) is 0 Å². The van der Waals surface area contributed by atoms with Crippen LogP contribution in [-0.4, -0.2) is 34.8 Å². The van der Waals surface area contributed by atoms with E-state index in [9.17, 15) is 14.4 Å². The molecule has 2 rings (SSSR count). The molecule has 0 heterocycles. The van der Waals surface area contributed by atoms with Gasteiger partial charge in [-0.05, 0) is 44.5 Å². The molecule has 2 aromatic rings. The lowest BCUT2D eigenvalue weighted by Gasteiger charge is -2.35. The zero-order chi connectivity index (χ0) is 20.7. The van der Waals surface area contributed by atoms with E-state index in [2.05, 4.69) is 5.32 Å². The average Bonchev–Trinajstić information content (AvgIpc) is 2.63. The number of hydrogen-bond donors (Lipinski definition) is 1. The van der Waals surface area contributed by atoms with Gasteiger partial charge < -0.3 is 15.0 Å². The maximum Gasteiger partial charge on any atom is 0.338 e. The number of benzene rings is 2. The lowest BCUT2D eigenvalue weighted by molar-refractivity contribution is -0.140. The number of amides is 2. The second kappa shape index (κ2) is 9.17. The largest absolute Gasteiger partial charge is 0.452 e. The molecule has 0 unspecified atom stereocenters. The van der Waals surface area contributed by atoms with Crippen LogP contribution in [0.5, 0.6) is 0 Å². The minimum atomic E-state index is -0.617. The van der Waals surface area contributed by atoms with Crippen LogP contribution in [0.1, 0.15) is 43.6 Å². The Balaban J connectivity index is 2.03. The van der Waals surface area contributed by atoms with Gasteiger partial charge in [-0.3, -0.25) is 9.59 Å². The van der Waals surface area contributed by atoms with Gasteiger partial charge in [0.05, 0.1) is 5.56 Å². The third-order valence-corrected chi connectivity index (χ3v) is 4.04. The summed E-state index contributed by atoms with van der Waals surface area (Å²) in [4.78, 5) is 37.9. The van der Waals surface area contributed by atoms with Crippen molar-refractivity contribution in [3.05, 3.63) is 65.7 Å². The van der Waals surface area contributed by atoms with Crippen LogP contribution in [0, 0.1) is 0 Å². The number of esters is 1. The number of carbonyl (C=O) groups excluding carboxylic acids is 3. The number of anilines is 1. The van der Waals surface area contributed by atoms with Gasteiger partial charge in [0.1, 0.15) is 0 Å². The lowest BCUT2D eigenvalue weighted by Crippen LogP contribution is -2.46. The van der Waals surface area contributed by atoms with Gasteiger partial charge in [-0.25, -0.2) is 4.79 Å². The van der Waals surface area contributed by atoms with Crippen molar-refractivity contribution in [3.8, 4) is 0 Å². The molecule has 6 nitrogen and oxygen atoms in total. The fourth-order valence-electron chi connectivity index (χ4n) is 2.68. The highest BCUT2D eigenvalue weighted by Gasteiger charge is 2.27. The summed E-state index contributed by atoms with van der Waals surface area (Å²) in [7, 11) is 0. The van der Waals surface area contributed by atoms with Crippen molar-refractivity contribution in [1.82, 2.24) is 4.90 Å². The molecule has 2 amide bonds. The summed E-state index contributed by atoms with van der Waals surface area (Å²) in [6.07, 6.45) is 0. The molecule has 0 aliphatic carbocycles. The third kappa shape index (κ3) is 6.23. The molecule has 0 atom stereocenters. The fraction of sp³-hybridized carbons (Fsp3) is 0.318. The fourth-order valence-corrected chi connectivity index (χ4v) is 2.68. The summed E-state index contributed by atoms with van der Waals surface area (Å²) in [5.41, 5.74) is 1.34. The Morgan fingerprint density at radius 1 is 1.00 bits per heavy atom. The zero-order valence-electron chi connectivity index (χ0n) is 16.7. The minimum absolute atomic E-state index is 0.234. The average molecular weight is 382 g/mol. The molecular weight excluding hydrogens is 356 g/mol. The Hall–Kier alpha value is -3.15. The summed E-state index contributed by atoms with van der Waals surface area (Å²) in [5, 5.41) is 2.61. The van der Waals surface area contributed by atoms with E-state index < -0.39 is 11.5 Å². The van der Waals surface area contributed by atoms with E-state index >= 15 is 0 Å². The van der Waals surface area contributed by atoms with Crippen molar-refractivity contribution < 1.29 is 19.1 Å². The lowest BCUT2D eigenvalue weighted by atomic mass is 10.0. The Bertz CT molecular complexity index is 841. The van der Waals surface area contributed by atoms with Crippen LogP contribution in [0.25, 0.3) is 0 Å². The molecular formula is C22H26N2O4. The first-order valence-electron chi connectivity index (χ1n) is 9.06. The molecule has 2 aromatic carbocycles. The Labute approximate surface area is 165 Å². The number of hydrogen-bond acceptors (Lipinski definition) is 4. The van der Waals surface area contributed by atoms with Crippen LogP contribution >= 0.6 is 0 Å². The van der Waals surface area contributed by atoms with E-state index in [0.717, 1.165) is 5.56 Å². The van der Waals surface area contributed by atoms with E-state index in [-0.39, 0.29) is 24.0 Å². The van der Waals surface area contributed by atoms with Crippen molar-refractivity contribution in [1.29, 1.82) is 0 Å². The molecule has 28 heavy (non-hydrogen) atoms. The summed E-state index contributed by atoms with van der Waals surface area (Å²) in [6.45, 7) is 7.27. The SMILES string of the molecule is CC(=O)Nc1cccc(C(=O)OCC(=O)N(Cc2ccccc2)C(C)(C)C)c1. The second-order valence-corrected chi connectivity index (χ2v) is 7.47. The van der Waals surface area contributed by atoms with Gasteiger partial charge in [-0.1, -0.05) is 36.4 Å². The maximum absolute atomic E-state index is 12.7. The molecule has 1 N–H and O–H groups in total. The number of nitrogens with one attached hydrogen (secondary N) is 1. The van der Waals surface area contributed by atoms with Gasteiger partial charge in [0.25, 0.3) is 5.91 Å². The monoisotopic (exact) mass is 382 g/mol. The van der Waals surface area contributed by atoms with Gasteiger partial charge >= 0.3 is 5.97 Å². The van der Waals surface area contributed by atoms with Gasteiger partial charge in [0.2, 0.25) is 5.91 Å². The van der Waals surface area contributed by atoms with Gasteiger partial charge in [0.15, 0.2) is 6.61 Å². The molecule has 0 radical (unpaired) electrons. The van der Waals surface area contributed by atoms with Crippen LogP contribution in [0.3, 0.4) is 0 Å². The summed E-state index contributed by atoms with van der Waals surface area (Å²) in [5.74, 6) is -1.13. The quantitative estimate of drug-likeness (QED) is 0.774. The van der Waals surface area contributed by atoms with Gasteiger partial charge in [0, 0.05) is 24.7 Å². The van der Waals surface area contributed by atoms with Gasteiger partial charge in [-0.15, -0.1) is 0 Å². The maximum atomic E-state index is 12.7. The first kappa shape index (κ1) is 21.2. The van der Waals surface area contributed by atoms with Crippen LogP contribution in [0.4, 0.5) is 5.69 Å². The number of rotatable bonds is 6. The number of nitrogens with zero attached hydrogens (tertiary/aromatic N) is 1. The van der Waals surface area contributed by atoms with Crippen LogP contribution < -0.4 is 5.32 Å². The van der Waals surface area contributed by atoms with Crippen LogP contribution in [0.15, 0.2) is 54.6 Å². The summed E-state index contributed by atoms with van der Waals surface area (Å²) < 4.78 is 5.22. The normalized spacial score (nSPS) is 10.9.